The number of aromatic nitrogens is 3. The van der Waals surface area contributed by atoms with Gasteiger partial charge in [0.1, 0.15) is 0 Å². The molecule has 6 heteroatoms. The van der Waals surface area contributed by atoms with E-state index < -0.39 is 5.60 Å². The molecule has 2 aromatic heterocycles. The zero-order chi connectivity index (χ0) is 19.6. The van der Waals surface area contributed by atoms with Crippen LogP contribution in [-0.2, 0) is 13.5 Å². The van der Waals surface area contributed by atoms with E-state index in [0.29, 0.717) is 37.9 Å². The van der Waals surface area contributed by atoms with Gasteiger partial charge in [0, 0.05) is 56.3 Å². The van der Waals surface area contributed by atoms with Crippen molar-refractivity contribution in [2.75, 3.05) is 13.1 Å². The van der Waals surface area contributed by atoms with Crippen molar-refractivity contribution in [2.45, 2.75) is 24.9 Å². The largest absolute Gasteiger partial charge is 0.389 e. The molecule has 0 spiro atoms. The van der Waals surface area contributed by atoms with Gasteiger partial charge in [0.25, 0.3) is 5.91 Å². The van der Waals surface area contributed by atoms with Crippen LogP contribution in [0, 0.1) is 0 Å². The Morgan fingerprint density at radius 1 is 1.14 bits per heavy atom. The quantitative estimate of drug-likeness (QED) is 0.760. The molecule has 3 aromatic rings. The fourth-order valence-corrected chi connectivity index (χ4v) is 3.83. The van der Waals surface area contributed by atoms with Crippen LogP contribution in [0.4, 0.5) is 0 Å². The van der Waals surface area contributed by atoms with Crippen LogP contribution in [0.15, 0.2) is 61.2 Å². The van der Waals surface area contributed by atoms with Gasteiger partial charge < -0.3 is 10.0 Å². The van der Waals surface area contributed by atoms with Gasteiger partial charge in [0.05, 0.1) is 17.4 Å². The highest BCUT2D eigenvalue weighted by Crippen LogP contribution is 2.29. The molecule has 1 N–H and O–H groups in total. The first-order valence-corrected chi connectivity index (χ1v) is 9.53. The second-order valence-electron chi connectivity index (χ2n) is 7.50. The zero-order valence-corrected chi connectivity index (χ0v) is 16.0. The summed E-state index contributed by atoms with van der Waals surface area (Å²) < 4.78 is 1.72. The molecule has 1 aromatic carbocycles. The Bertz CT molecular complexity index is 959. The molecule has 1 fully saturated rings. The van der Waals surface area contributed by atoms with Gasteiger partial charge in [0.15, 0.2) is 0 Å². The molecule has 4 rings (SSSR count). The van der Waals surface area contributed by atoms with Crippen molar-refractivity contribution >= 4 is 5.91 Å². The molecule has 0 radical (unpaired) electrons. The molecular weight excluding hydrogens is 352 g/mol. The molecule has 1 aliphatic heterocycles. The number of aliphatic hydroxyl groups is 1. The minimum absolute atomic E-state index is 0.0475. The third-order valence-corrected chi connectivity index (χ3v) is 5.42. The minimum atomic E-state index is -0.765. The fourth-order valence-electron chi connectivity index (χ4n) is 3.83. The lowest BCUT2D eigenvalue weighted by atomic mass is 9.85. The van der Waals surface area contributed by atoms with E-state index in [4.69, 9.17) is 0 Å². The van der Waals surface area contributed by atoms with E-state index in [1.807, 2.05) is 54.5 Å². The Labute approximate surface area is 164 Å². The summed E-state index contributed by atoms with van der Waals surface area (Å²) in [6, 6.07) is 11.9. The molecule has 0 atom stereocenters. The van der Waals surface area contributed by atoms with Crippen LogP contribution in [0.25, 0.3) is 11.1 Å². The van der Waals surface area contributed by atoms with E-state index >= 15 is 0 Å². The van der Waals surface area contributed by atoms with Gasteiger partial charge >= 0.3 is 0 Å². The lowest BCUT2D eigenvalue weighted by Gasteiger charge is -2.38. The van der Waals surface area contributed by atoms with E-state index in [1.54, 1.807) is 23.3 Å². The van der Waals surface area contributed by atoms with Crippen LogP contribution < -0.4 is 0 Å². The van der Waals surface area contributed by atoms with Crippen molar-refractivity contribution < 1.29 is 9.90 Å². The normalized spacial score (nSPS) is 16.1. The van der Waals surface area contributed by atoms with Gasteiger partial charge in [-0.3, -0.25) is 14.5 Å². The number of amides is 1. The number of pyridine rings is 1. The number of benzene rings is 1. The van der Waals surface area contributed by atoms with E-state index in [-0.39, 0.29) is 5.91 Å². The highest BCUT2D eigenvalue weighted by Gasteiger charge is 2.34. The number of rotatable bonds is 4. The summed E-state index contributed by atoms with van der Waals surface area (Å²) in [5, 5.41) is 15.2. The molecule has 0 aliphatic carbocycles. The van der Waals surface area contributed by atoms with Crippen LogP contribution in [0.3, 0.4) is 0 Å². The highest BCUT2D eigenvalue weighted by molar-refractivity contribution is 6.00. The highest BCUT2D eigenvalue weighted by atomic mass is 16.3. The van der Waals surface area contributed by atoms with Crippen LogP contribution in [0.1, 0.15) is 28.8 Å². The maximum Gasteiger partial charge on any atom is 0.256 e. The lowest BCUT2D eigenvalue weighted by Crippen LogP contribution is -2.47. The summed E-state index contributed by atoms with van der Waals surface area (Å²) in [6.07, 6.45) is 8.70. The van der Waals surface area contributed by atoms with Gasteiger partial charge in [0.2, 0.25) is 0 Å². The summed E-state index contributed by atoms with van der Waals surface area (Å²) >= 11 is 0. The number of carbonyl (C=O) groups is 1. The predicted octanol–water partition coefficient (Wildman–Crippen LogP) is 2.69. The minimum Gasteiger partial charge on any atom is -0.389 e. The predicted molar refractivity (Wildman–Crippen MR) is 107 cm³/mol. The molecule has 28 heavy (non-hydrogen) atoms. The summed E-state index contributed by atoms with van der Waals surface area (Å²) in [6.45, 7) is 1.06. The van der Waals surface area contributed by atoms with Crippen LogP contribution in [0.2, 0.25) is 0 Å². The third-order valence-electron chi connectivity index (χ3n) is 5.42. The monoisotopic (exact) mass is 376 g/mol. The first-order valence-electron chi connectivity index (χ1n) is 9.53. The van der Waals surface area contributed by atoms with Gasteiger partial charge in [-0.1, -0.05) is 30.3 Å². The Morgan fingerprint density at radius 3 is 2.57 bits per heavy atom. The molecule has 3 heterocycles. The summed E-state index contributed by atoms with van der Waals surface area (Å²) in [5.41, 5.74) is 2.66. The number of likely N-dealkylation sites (tertiary alicyclic amines) is 1. The van der Waals surface area contributed by atoms with E-state index in [0.717, 1.165) is 16.7 Å². The van der Waals surface area contributed by atoms with Crippen LogP contribution >= 0.6 is 0 Å². The second kappa shape index (κ2) is 7.56. The number of hydrogen-bond acceptors (Lipinski definition) is 4. The van der Waals surface area contributed by atoms with Crippen LogP contribution in [-0.4, -0.2) is 49.4 Å². The molecule has 1 aliphatic rings. The average molecular weight is 376 g/mol. The molecule has 1 amide bonds. The first kappa shape index (κ1) is 18.4. The zero-order valence-electron chi connectivity index (χ0n) is 16.0. The van der Waals surface area contributed by atoms with Gasteiger partial charge in [-0.15, -0.1) is 0 Å². The maximum absolute atomic E-state index is 13.1. The van der Waals surface area contributed by atoms with Crippen molar-refractivity contribution in [3.63, 3.8) is 0 Å². The molecular formula is C22H24N4O2. The molecule has 0 saturated carbocycles. The van der Waals surface area contributed by atoms with Gasteiger partial charge in [-0.2, -0.15) is 5.10 Å². The van der Waals surface area contributed by atoms with E-state index in [1.165, 1.54) is 0 Å². The fraction of sp³-hybridized carbons (Fsp3) is 0.318. The topological polar surface area (TPSA) is 71.2 Å². The summed E-state index contributed by atoms with van der Waals surface area (Å²) in [7, 11) is 1.85. The average Bonchev–Trinajstić information content (AvgIpc) is 3.15. The second-order valence-corrected chi connectivity index (χ2v) is 7.50. The van der Waals surface area contributed by atoms with Crippen molar-refractivity contribution in [3.05, 3.63) is 72.3 Å². The van der Waals surface area contributed by atoms with Crippen molar-refractivity contribution in [3.8, 4) is 11.1 Å². The molecule has 144 valence electrons. The third kappa shape index (κ3) is 3.82. The van der Waals surface area contributed by atoms with E-state index in [2.05, 4.69) is 10.1 Å². The molecule has 0 bridgehead atoms. The molecule has 6 nitrogen and oxygen atoms in total. The summed E-state index contributed by atoms with van der Waals surface area (Å²) in [4.78, 5) is 19.1. The SMILES string of the molecule is Cn1cc(-c2ccncc2C(=O)N2CCC(O)(Cc3ccccc3)CC2)cn1. The maximum atomic E-state index is 13.1. The van der Waals surface area contributed by atoms with Crippen molar-refractivity contribution in [2.24, 2.45) is 7.05 Å². The Kier molecular flexibility index (Phi) is 4.96. The van der Waals surface area contributed by atoms with Gasteiger partial charge in [-0.05, 0) is 24.5 Å². The summed E-state index contributed by atoms with van der Waals surface area (Å²) in [5.74, 6) is -0.0475. The number of carbonyl (C=O) groups excluding carboxylic acids is 1. The van der Waals surface area contributed by atoms with Crippen molar-refractivity contribution in [1.29, 1.82) is 0 Å². The molecule has 1 saturated heterocycles. The molecule has 0 unspecified atom stereocenters. The van der Waals surface area contributed by atoms with Crippen LogP contribution in [0.5, 0.6) is 0 Å². The number of nitrogens with zero attached hydrogens (tertiary/aromatic N) is 4. The number of hydrogen-bond donors (Lipinski definition) is 1. The number of piperidine rings is 1. The standard InChI is InChI=1S/C22H24N4O2/c1-25-16-18(14-24-25)19-7-10-23-15-20(19)21(27)26-11-8-22(28,9-12-26)13-17-5-3-2-4-6-17/h2-7,10,14-16,28H,8-9,11-13H2,1H3. The van der Waals surface area contributed by atoms with Gasteiger partial charge in [-0.25, -0.2) is 0 Å². The smallest absolute Gasteiger partial charge is 0.256 e. The first-order chi connectivity index (χ1) is 13.5. The van der Waals surface area contributed by atoms with E-state index in [9.17, 15) is 9.90 Å². The lowest BCUT2D eigenvalue weighted by molar-refractivity contribution is -0.0162. The number of aryl methyl sites for hydroxylation is 1. The Morgan fingerprint density at radius 2 is 1.89 bits per heavy atom. The Hall–Kier alpha value is -2.99. The Balaban J connectivity index is 1.48. The van der Waals surface area contributed by atoms with Crippen molar-refractivity contribution in [1.82, 2.24) is 19.7 Å².